The third kappa shape index (κ3) is 5.65. The predicted molar refractivity (Wildman–Crippen MR) is 131 cm³/mol. The molecule has 4 rings (SSSR count). The number of fused-ring (bicyclic) bond motifs is 1. The van der Waals surface area contributed by atoms with E-state index in [0.717, 1.165) is 34.9 Å². The molecule has 170 valence electrons. The molecule has 0 radical (unpaired) electrons. The minimum absolute atomic E-state index is 0.237. The molecule has 0 aliphatic rings. The van der Waals surface area contributed by atoms with Crippen LogP contribution in [0.1, 0.15) is 49.3 Å². The SMILES string of the molecule is CCCCCCc1ccc(-c2ccc3c(F)c(CCc4ccc(F)cc4)ccc3c2)c(F)c1. The van der Waals surface area contributed by atoms with Gasteiger partial charge in [0.1, 0.15) is 17.5 Å². The molecule has 0 aliphatic heterocycles. The van der Waals surface area contributed by atoms with Crippen molar-refractivity contribution >= 4 is 10.8 Å². The second kappa shape index (κ2) is 10.7. The summed E-state index contributed by atoms with van der Waals surface area (Å²) in [6, 6.07) is 20.8. The molecule has 4 aromatic rings. The highest BCUT2D eigenvalue weighted by Gasteiger charge is 2.11. The van der Waals surface area contributed by atoms with Gasteiger partial charge in [0.05, 0.1) is 0 Å². The van der Waals surface area contributed by atoms with Gasteiger partial charge >= 0.3 is 0 Å². The third-order valence-electron chi connectivity index (χ3n) is 6.29. The van der Waals surface area contributed by atoms with Crippen molar-refractivity contribution in [3.63, 3.8) is 0 Å². The zero-order valence-electron chi connectivity index (χ0n) is 19.0. The molecular formula is C30H29F3. The zero-order valence-corrected chi connectivity index (χ0v) is 19.0. The first-order valence-electron chi connectivity index (χ1n) is 11.8. The fourth-order valence-corrected chi connectivity index (χ4v) is 4.33. The van der Waals surface area contributed by atoms with Gasteiger partial charge in [-0.2, -0.15) is 0 Å². The van der Waals surface area contributed by atoms with Crippen LogP contribution in [-0.4, -0.2) is 0 Å². The Kier molecular flexibility index (Phi) is 7.49. The molecule has 0 saturated carbocycles. The van der Waals surface area contributed by atoms with Crippen LogP contribution in [0.5, 0.6) is 0 Å². The van der Waals surface area contributed by atoms with E-state index in [1.54, 1.807) is 36.4 Å². The van der Waals surface area contributed by atoms with Crippen LogP contribution in [0.25, 0.3) is 21.9 Å². The standard InChI is InChI=1S/C30H29F3/c1-2-3-4-5-6-22-10-17-27(29(32)19-22)24-14-18-28-25(20-24)13-12-23(30(28)33)11-7-21-8-15-26(31)16-9-21/h8-10,12-20H,2-7,11H2,1H3. The fourth-order valence-electron chi connectivity index (χ4n) is 4.33. The highest BCUT2D eigenvalue weighted by atomic mass is 19.1. The Bertz CT molecular complexity index is 1230. The first-order chi connectivity index (χ1) is 16.0. The smallest absolute Gasteiger partial charge is 0.134 e. The Balaban J connectivity index is 1.51. The number of hydrogen-bond donors (Lipinski definition) is 0. The van der Waals surface area contributed by atoms with E-state index in [9.17, 15) is 8.78 Å². The monoisotopic (exact) mass is 446 g/mol. The van der Waals surface area contributed by atoms with E-state index in [-0.39, 0.29) is 17.5 Å². The molecule has 0 fully saturated rings. The van der Waals surface area contributed by atoms with Gasteiger partial charge in [0.25, 0.3) is 0 Å². The van der Waals surface area contributed by atoms with E-state index in [0.29, 0.717) is 29.4 Å². The molecule has 0 amide bonds. The molecule has 0 heterocycles. The largest absolute Gasteiger partial charge is 0.207 e. The maximum atomic E-state index is 15.1. The van der Waals surface area contributed by atoms with Gasteiger partial charge in [-0.15, -0.1) is 0 Å². The Morgan fingerprint density at radius 2 is 1.42 bits per heavy atom. The average molecular weight is 447 g/mol. The molecule has 0 saturated heterocycles. The van der Waals surface area contributed by atoms with Gasteiger partial charge in [-0.05, 0) is 77.6 Å². The van der Waals surface area contributed by atoms with Crippen molar-refractivity contribution in [1.82, 2.24) is 0 Å². The number of aryl methyl sites for hydroxylation is 3. The van der Waals surface area contributed by atoms with Crippen LogP contribution >= 0.6 is 0 Å². The summed E-state index contributed by atoms with van der Waals surface area (Å²) >= 11 is 0. The van der Waals surface area contributed by atoms with Gasteiger partial charge < -0.3 is 0 Å². The van der Waals surface area contributed by atoms with Gasteiger partial charge in [-0.3, -0.25) is 0 Å². The van der Waals surface area contributed by atoms with Crippen molar-refractivity contribution in [3.05, 3.63) is 107 Å². The lowest BCUT2D eigenvalue weighted by molar-refractivity contribution is 0.619. The summed E-state index contributed by atoms with van der Waals surface area (Å²) in [6.45, 7) is 2.18. The van der Waals surface area contributed by atoms with E-state index in [4.69, 9.17) is 0 Å². The Labute approximate surface area is 194 Å². The second-order valence-corrected chi connectivity index (χ2v) is 8.73. The van der Waals surface area contributed by atoms with Gasteiger partial charge in [-0.25, -0.2) is 13.2 Å². The summed E-state index contributed by atoms with van der Waals surface area (Å²) in [4.78, 5) is 0. The molecule has 33 heavy (non-hydrogen) atoms. The maximum Gasteiger partial charge on any atom is 0.134 e. The molecule has 0 N–H and O–H groups in total. The molecule has 4 aromatic carbocycles. The normalized spacial score (nSPS) is 11.3. The molecule has 0 aromatic heterocycles. The topological polar surface area (TPSA) is 0 Å². The van der Waals surface area contributed by atoms with Crippen LogP contribution < -0.4 is 0 Å². The van der Waals surface area contributed by atoms with E-state index in [1.807, 2.05) is 24.3 Å². The summed E-state index contributed by atoms with van der Waals surface area (Å²) < 4.78 is 43.1. The van der Waals surface area contributed by atoms with Crippen molar-refractivity contribution in [3.8, 4) is 11.1 Å². The van der Waals surface area contributed by atoms with Gasteiger partial charge in [0.15, 0.2) is 0 Å². The van der Waals surface area contributed by atoms with Crippen LogP contribution in [0.3, 0.4) is 0 Å². The number of unbranched alkanes of at least 4 members (excludes halogenated alkanes) is 3. The van der Waals surface area contributed by atoms with Crippen LogP contribution in [0.4, 0.5) is 13.2 Å². The summed E-state index contributed by atoms with van der Waals surface area (Å²) in [6.07, 6.45) is 6.70. The van der Waals surface area contributed by atoms with Crippen LogP contribution in [0, 0.1) is 17.5 Å². The van der Waals surface area contributed by atoms with E-state index in [2.05, 4.69) is 6.92 Å². The predicted octanol–water partition coefficient (Wildman–Crippen LogP) is 8.83. The maximum absolute atomic E-state index is 15.1. The summed E-state index contributed by atoms with van der Waals surface area (Å²) in [7, 11) is 0. The minimum Gasteiger partial charge on any atom is -0.207 e. The van der Waals surface area contributed by atoms with Gasteiger partial charge in [-0.1, -0.05) is 74.7 Å². The summed E-state index contributed by atoms with van der Waals surface area (Å²) in [5, 5.41) is 1.28. The lowest BCUT2D eigenvalue weighted by Crippen LogP contribution is -1.96. The first-order valence-corrected chi connectivity index (χ1v) is 11.8. The zero-order chi connectivity index (χ0) is 23.2. The van der Waals surface area contributed by atoms with Crippen molar-refractivity contribution < 1.29 is 13.2 Å². The van der Waals surface area contributed by atoms with E-state index < -0.39 is 0 Å². The number of halogens is 3. The van der Waals surface area contributed by atoms with Gasteiger partial charge in [0, 0.05) is 10.9 Å². The Hall–Kier alpha value is -3.07. The molecule has 0 nitrogen and oxygen atoms in total. The molecule has 0 atom stereocenters. The second-order valence-electron chi connectivity index (χ2n) is 8.73. The van der Waals surface area contributed by atoms with E-state index >= 15 is 4.39 Å². The first kappa shape index (κ1) is 23.1. The van der Waals surface area contributed by atoms with Crippen LogP contribution in [-0.2, 0) is 19.3 Å². The summed E-state index contributed by atoms with van der Waals surface area (Å²) in [5.74, 6) is -0.757. The fraction of sp³-hybridized carbons (Fsp3) is 0.267. The van der Waals surface area contributed by atoms with E-state index in [1.165, 1.54) is 31.4 Å². The van der Waals surface area contributed by atoms with Crippen LogP contribution in [0.2, 0.25) is 0 Å². The molecular weight excluding hydrogens is 417 g/mol. The molecule has 0 aliphatic carbocycles. The summed E-state index contributed by atoms with van der Waals surface area (Å²) in [5.41, 5.74) is 3.89. The van der Waals surface area contributed by atoms with Gasteiger partial charge in [0.2, 0.25) is 0 Å². The quantitative estimate of drug-likeness (QED) is 0.225. The highest BCUT2D eigenvalue weighted by Crippen LogP contribution is 2.30. The number of hydrogen-bond acceptors (Lipinski definition) is 0. The van der Waals surface area contributed by atoms with Crippen molar-refractivity contribution in [1.29, 1.82) is 0 Å². The highest BCUT2D eigenvalue weighted by molar-refractivity contribution is 5.88. The lowest BCUT2D eigenvalue weighted by Gasteiger charge is -2.10. The average Bonchev–Trinajstić information content (AvgIpc) is 2.82. The lowest BCUT2D eigenvalue weighted by atomic mass is 9.96. The number of rotatable bonds is 9. The third-order valence-corrected chi connectivity index (χ3v) is 6.29. The Morgan fingerprint density at radius 1 is 0.636 bits per heavy atom. The molecule has 3 heteroatoms. The Morgan fingerprint density at radius 3 is 2.18 bits per heavy atom. The number of benzene rings is 4. The van der Waals surface area contributed by atoms with Crippen molar-refractivity contribution in [2.75, 3.05) is 0 Å². The molecule has 0 unspecified atom stereocenters. The van der Waals surface area contributed by atoms with Crippen molar-refractivity contribution in [2.24, 2.45) is 0 Å². The minimum atomic E-state index is -0.274. The molecule has 0 spiro atoms. The van der Waals surface area contributed by atoms with Crippen molar-refractivity contribution in [2.45, 2.75) is 51.9 Å². The van der Waals surface area contributed by atoms with Crippen LogP contribution in [0.15, 0.2) is 72.8 Å². The molecule has 0 bridgehead atoms.